The Morgan fingerprint density at radius 1 is 1.28 bits per heavy atom. The minimum Gasteiger partial charge on any atom is -0.491 e. The highest BCUT2D eigenvalue weighted by atomic mass is 32.1. The van der Waals surface area contributed by atoms with E-state index in [0.717, 1.165) is 5.69 Å². The lowest BCUT2D eigenvalue weighted by Crippen LogP contribution is -1.99. The molecule has 0 saturated carbocycles. The first-order valence-corrected chi connectivity index (χ1v) is 6.72. The lowest BCUT2D eigenvalue weighted by molar-refractivity contribution is 0.321. The Balaban J connectivity index is 1.99. The van der Waals surface area contributed by atoms with Gasteiger partial charge in [-0.2, -0.15) is 0 Å². The number of hydrogen-bond acceptors (Lipinski definition) is 3. The molecule has 96 valence electrons. The van der Waals surface area contributed by atoms with Gasteiger partial charge in [0.15, 0.2) is 11.6 Å². The fourth-order valence-corrected chi connectivity index (χ4v) is 2.48. The van der Waals surface area contributed by atoms with Gasteiger partial charge in [-0.15, -0.1) is 11.3 Å². The summed E-state index contributed by atoms with van der Waals surface area (Å²) in [5, 5.41) is 3.20. The van der Waals surface area contributed by atoms with E-state index in [9.17, 15) is 4.39 Å². The van der Waals surface area contributed by atoms with Crippen LogP contribution in [0.2, 0.25) is 0 Å². The molecule has 0 radical (unpaired) electrons. The topological polar surface area (TPSA) is 21.3 Å². The number of anilines is 1. The van der Waals surface area contributed by atoms with Crippen LogP contribution in [-0.2, 0) is 6.54 Å². The van der Waals surface area contributed by atoms with Gasteiger partial charge in [0, 0.05) is 28.1 Å². The van der Waals surface area contributed by atoms with Gasteiger partial charge in [0.1, 0.15) is 0 Å². The van der Waals surface area contributed by atoms with Gasteiger partial charge in [-0.1, -0.05) is 0 Å². The van der Waals surface area contributed by atoms with Crippen molar-refractivity contribution in [1.82, 2.24) is 0 Å². The summed E-state index contributed by atoms with van der Waals surface area (Å²) >= 11 is 1.74. The molecule has 1 N–H and O–H groups in total. The van der Waals surface area contributed by atoms with E-state index >= 15 is 0 Å². The first kappa shape index (κ1) is 12.9. The predicted molar refractivity (Wildman–Crippen MR) is 74.0 cm³/mol. The average Bonchev–Trinajstić information content (AvgIpc) is 2.76. The first-order valence-electron chi connectivity index (χ1n) is 5.90. The summed E-state index contributed by atoms with van der Waals surface area (Å²) in [5.41, 5.74) is 0.766. The molecule has 0 atom stereocenters. The third kappa shape index (κ3) is 3.23. The second-order valence-electron chi connectivity index (χ2n) is 3.94. The lowest BCUT2D eigenvalue weighted by Gasteiger charge is -2.08. The maximum atomic E-state index is 13.6. The summed E-state index contributed by atoms with van der Waals surface area (Å²) in [5.74, 6) is -0.0285. The summed E-state index contributed by atoms with van der Waals surface area (Å²) in [6.07, 6.45) is 0. The van der Waals surface area contributed by atoms with Gasteiger partial charge in [0.05, 0.1) is 6.61 Å². The summed E-state index contributed by atoms with van der Waals surface area (Å²) in [4.78, 5) is 2.52. The fourth-order valence-electron chi connectivity index (χ4n) is 1.65. The molecule has 1 aromatic carbocycles. The molecule has 0 unspecified atom stereocenters. The van der Waals surface area contributed by atoms with E-state index in [-0.39, 0.29) is 5.82 Å². The molecule has 0 spiro atoms. The number of nitrogens with one attached hydrogen (secondary N) is 1. The molecule has 0 aliphatic rings. The molecule has 0 saturated heterocycles. The highest BCUT2D eigenvalue weighted by Gasteiger charge is 2.04. The Morgan fingerprint density at radius 3 is 2.72 bits per heavy atom. The summed E-state index contributed by atoms with van der Waals surface area (Å²) in [6, 6.07) is 9.11. The van der Waals surface area contributed by atoms with E-state index in [4.69, 9.17) is 4.74 Å². The molecular formula is C14H16FNOS. The van der Waals surface area contributed by atoms with Crippen LogP contribution in [0.5, 0.6) is 5.75 Å². The van der Waals surface area contributed by atoms with Crippen molar-refractivity contribution in [3.63, 3.8) is 0 Å². The number of hydrogen-bond donors (Lipinski definition) is 1. The molecule has 0 aliphatic heterocycles. The molecule has 2 aromatic rings. The predicted octanol–water partition coefficient (Wildman–Crippen LogP) is 4.21. The van der Waals surface area contributed by atoms with Gasteiger partial charge < -0.3 is 10.1 Å². The molecule has 4 heteroatoms. The monoisotopic (exact) mass is 265 g/mol. The van der Waals surface area contributed by atoms with Gasteiger partial charge in [0.25, 0.3) is 0 Å². The van der Waals surface area contributed by atoms with Crippen molar-refractivity contribution in [2.45, 2.75) is 20.4 Å². The zero-order valence-electron chi connectivity index (χ0n) is 10.5. The number of ether oxygens (including phenoxy) is 1. The van der Waals surface area contributed by atoms with Crippen molar-refractivity contribution in [1.29, 1.82) is 0 Å². The quantitative estimate of drug-likeness (QED) is 0.874. The maximum absolute atomic E-state index is 13.6. The molecule has 0 amide bonds. The molecule has 2 nitrogen and oxygen atoms in total. The number of benzene rings is 1. The Labute approximate surface area is 110 Å². The smallest absolute Gasteiger partial charge is 0.167 e. The van der Waals surface area contributed by atoms with Crippen LogP contribution >= 0.6 is 11.3 Å². The van der Waals surface area contributed by atoms with Gasteiger partial charge >= 0.3 is 0 Å². The van der Waals surface area contributed by atoms with Gasteiger partial charge in [0.2, 0.25) is 0 Å². The molecule has 0 aliphatic carbocycles. The van der Waals surface area contributed by atoms with E-state index in [1.165, 1.54) is 15.8 Å². The molecule has 1 aromatic heterocycles. The van der Waals surface area contributed by atoms with E-state index in [1.807, 2.05) is 13.0 Å². The first-order chi connectivity index (χ1) is 8.69. The highest BCUT2D eigenvalue weighted by molar-refractivity contribution is 7.11. The molecular weight excluding hydrogens is 249 g/mol. The van der Waals surface area contributed by atoms with Crippen LogP contribution in [0, 0.1) is 12.7 Å². The van der Waals surface area contributed by atoms with Crippen molar-refractivity contribution in [2.75, 3.05) is 11.9 Å². The molecule has 18 heavy (non-hydrogen) atoms. The standard InChI is InChI=1S/C14H16FNOS/c1-3-17-14-7-5-11(8-13(14)15)16-9-12-6-4-10(2)18-12/h4-8,16H,3,9H2,1-2H3. The van der Waals surface area contributed by atoms with Crippen LogP contribution in [0.1, 0.15) is 16.7 Å². The minimum absolute atomic E-state index is 0.301. The number of halogens is 1. The van der Waals surface area contributed by atoms with Crippen molar-refractivity contribution < 1.29 is 9.13 Å². The Morgan fingerprint density at radius 2 is 2.11 bits per heavy atom. The Hall–Kier alpha value is -1.55. The van der Waals surface area contributed by atoms with Crippen molar-refractivity contribution in [2.24, 2.45) is 0 Å². The third-order valence-electron chi connectivity index (χ3n) is 2.49. The number of rotatable bonds is 5. The largest absolute Gasteiger partial charge is 0.491 e. The molecule has 1 heterocycles. The van der Waals surface area contributed by atoms with Crippen molar-refractivity contribution in [3.8, 4) is 5.75 Å². The fraction of sp³-hybridized carbons (Fsp3) is 0.286. The van der Waals surface area contributed by atoms with Crippen LogP contribution < -0.4 is 10.1 Å². The number of thiophene rings is 1. The molecule has 0 bridgehead atoms. The van der Waals surface area contributed by atoms with Crippen LogP contribution in [0.15, 0.2) is 30.3 Å². The normalized spacial score (nSPS) is 10.4. The maximum Gasteiger partial charge on any atom is 0.167 e. The highest BCUT2D eigenvalue weighted by Crippen LogP contribution is 2.22. The molecule has 0 fully saturated rings. The van der Waals surface area contributed by atoms with E-state index < -0.39 is 0 Å². The Bertz CT molecular complexity index is 524. The van der Waals surface area contributed by atoms with Crippen LogP contribution in [-0.4, -0.2) is 6.61 Å². The van der Waals surface area contributed by atoms with Crippen molar-refractivity contribution in [3.05, 3.63) is 45.9 Å². The van der Waals surface area contributed by atoms with Gasteiger partial charge in [-0.25, -0.2) is 4.39 Å². The minimum atomic E-state index is -0.329. The van der Waals surface area contributed by atoms with Crippen LogP contribution in [0.4, 0.5) is 10.1 Å². The lowest BCUT2D eigenvalue weighted by atomic mass is 10.3. The average molecular weight is 265 g/mol. The zero-order valence-corrected chi connectivity index (χ0v) is 11.3. The zero-order chi connectivity index (χ0) is 13.0. The van der Waals surface area contributed by atoms with Crippen molar-refractivity contribution >= 4 is 17.0 Å². The Kier molecular flexibility index (Phi) is 4.20. The van der Waals surface area contributed by atoms with Crippen LogP contribution in [0.3, 0.4) is 0 Å². The van der Waals surface area contributed by atoms with E-state index in [1.54, 1.807) is 17.4 Å². The molecule has 2 rings (SSSR count). The number of aryl methyl sites for hydroxylation is 1. The SMILES string of the molecule is CCOc1ccc(NCc2ccc(C)s2)cc1F. The summed E-state index contributed by atoms with van der Waals surface area (Å²) < 4.78 is 18.8. The summed E-state index contributed by atoms with van der Waals surface area (Å²) in [6.45, 7) is 5.10. The van der Waals surface area contributed by atoms with E-state index in [2.05, 4.69) is 24.4 Å². The van der Waals surface area contributed by atoms with E-state index in [0.29, 0.717) is 18.9 Å². The van der Waals surface area contributed by atoms with Gasteiger partial charge in [-0.05, 0) is 38.1 Å². The van der Waals surface area contributed by atoms with Gasteiger partial charge in [-0.3, -0.25) is 0 Å². The van der Waals surface area contributed by atoms with Crippen LogP contribution in [0.25, 0.3) is 0 Å². The summed E-state index contributed by atoms with van der Waals surface area (Å²) in [7, 11) is 0. The third-order valence-corrected chi connectivity index (χ3v) is 3.50. The second-order valence-corrected chi connectivity index (χ2v) is 5.32. The second kappa shape index (κ2) is 5.87.